The second-order valence-corrected chi connectivity index (χ2v) is 9.61. The van der Waals surface area contributed by atoms with Crippen molar-refractivity contribution in [3.05, 3.63) is 117 Å². The Labute approximate surface area is 243 Å². The highest BCUT2D eigenvalue weighted by Crippen LogP contribution is 2.35. The van der Waals surface area contributed by atoms with Crippen molar-refractivity contribution in [1.82, 2.24) is 9.55 Å². The minimum Gasteiger partial charge on any atom is -0.477 e. The topological polar surface area (TPSA) is 108 Å². The van der Waals surface area contributed by atoms with Gasteiger partial charge in [-0.1, -0.05) is 23.8 Å². The van der Waals surface area contributed by atoms with Crippen LogP contribution in [0.15, 0.2) is 77.6 Å². The van der Waals surface area contributed by atoms with Crippen LogP contribution in [0.4, 0.5) is 13.2 Å². The molecule has 42 heavy (non-hydrogen) atoms. The number of pyridine rings is 1. The van der Waals surface area contributed by atoms with Gasteiger partial charge < -0.3 is 19.4 Å². The van der Waals surface area contributed by atoms with Gasteiger partial charge in [-0.05, 0) is 85.1 Å². The molecule has 0 unspecified atom stereocenters. The fourth-order valence-electron chi connectivity index (χ4n) is 4.69. The number of rotatable bonds is 6. The number of aryl methyl sites for hydroxylation is 2. The molecule has 5 aromatic rings. The number of carboxylic acid groups (broad SMARTS) is 1. The molecule has 0 aliphatic rings. The first-order valence-corrected chi connectivity index (χ1v) is 12.4. The van der Waals surface area contributed by atoms with Crippen LogP contribution in [0, 0.1) is 25.2 Å². The van der Waals surface area contributed by atoms with Crippen molar-refractivity contribution in [1.29, 1.82) is 5.26 Å². The number of carbonyl (C=O) groups is 1. The molecule has 2 N–H and O–H groups in total. The molecule has 3 aromatic carbocycles. The van der Waals surface area contributed by atoms with Gasteiger partial charge in [0.2, 0.25) is 0 Å². The number of aromatic amines is 1. The summed E-state index contributed by atoms with van der Waals surface area (Å²) in [6, 6.07) is 20.5. The highest BCUT2D eigenvalue weighted by Gasteiger charge is 2.36. The van der Waals surface area contributed by atoms with Crippen molar-refractivity contribution < 1.29 is 27.8 Å². The Morgan fingerprint density at radius 3 is 2.31 bits per heavy atom. The molecular weight excluding hydrogens is 571 g/mol. The zero-order valence-corrected chi connectivity index (χ0v) is 23.1. The van der Waals surface area contributed by atoms with Gasteiger partial charge in [0.15, 0.2) is 0 Å². The molecule has 7 nitrogen and oxygen atoms in total. The second-order valence-electron chi connectivity index (χ2n) is 9.61. The number of carboxylic acids is 1. The van der Waals surface area contributed by atoms with Crippen LogP contribution in [0.1, 0.15) is 38.3 Å². The van der Waals surface area contributed by atoms with Crippen LogP contribution in [-0.4, -0.2) is 20.6 Å². The van der Waals surface area contributed by atoms with E-state index >= 15 is 0 Å². The normalized spacial score (nSPS) is 11.1. The summed E-state index contributed by atoms with van der Waals surface area (Å²) in [4.78, 5) is 27.3. The fraction of sp³-hybridized carbons (Fsp3) is 0.129. The van der Waals surface area contributed by atoms with E-state index in [1.807, 2.05) is 32.0 Å². The number of ether oxygens (including phenoxy) is 1. The standard InChI is InChI=1S/C31H22F3N3O4.ClH/c1-17-3-4-20(18(2)11-17)16-37-28(14-25(31(32,33)34)24(15-35)29(37)38)19-5-7-22(8-6-19)41-23-9-10-26-21(12-23)13-27(36-26)30(39)40;/h3-14,36H,16H2,1-2H3,(H,39,40);1H. The van der Waals surface area contributed by atoms with Gasteiger partial charge in [0.1, 0.15) is 28.8 Å². The van der Waals surface area contributed by atoms with Crippen LogP contribution >= 0.6 is 12.4 Å². The third-order valence-corrected chi connectivity index (χ3v) is 6.75. The summed E-state index contributed by atoms with van der Waals surface area (Å²) in [7, 11) is 0. The van der Waals surface area contributed by atoms with Crippen molar-refractivity contribution in [2.75, 3.05) is 0 Å². The van der Waals surface area contributed by atoms with E-state index in [9.17, 15) is 33.1 Å². The number of halogens is 4. The number of aromatic carboxylic acids is 1. The van der Waals surface area contributed by atoms with Gasteiger partial charge in [-0.3, -0.25) is 4.79 Å². The van der Waals surface area contributed by atoms with Crippen molar-refractivity contribution in [2.45, 2.75) is 26.6 Å². The van der Waals surface area contributed by atoms with E-state index in [1.165, 1.54) is 28.8 Å². The van der Waals surface area contributed by atoms with Crippen LogP contribution in [0.5, 0.6) is 11.5 Å². The number of alkyl halides is 3. The molecule has 11 heteroatoms. The Kier molecular flexibility index (Phi) is 8.18. The first-order valence-electron chi connectivity index (χ1n) is 12.4. The van der Waals surface area contributed by atoms with Crippen LogP contribution in [0.3, 0.4) is 0 Å². The number of fused-ring (bicyclic) bond motifs is 1. The summed E-state index contributed by atoms with van der Waals surface area (Å²) in [5.74, 6) is -0.299. The number of nitrogens with zero attached hydrogens (tertiary/aromatic N) is 2. The molecule has 0 spiro atoms. The van der Waals surface area contributed by atoms with E-state index < -0.39 is 28.8 Å². The summed E-state index contributed by atoms with van der Waals surface area (Å²) in [6.45, 7) is 3.73. The zero-order chi connectivity index (χ0) is 29.5. The lowest BCUT2D eigenvalue weighted by Crippen LogP contribution is -2.29. The van der Waals surface area contributed by atoms with Crippen LogP contribution in [0.25, 0.3) is 22.2 Å². The van der Waals surface area contributed by atoms with E-state index in [1.54, 1.807) is 30.3 Å². The van der Waals surface area contributed by atoms with E-state index in [-0.39, 0.29) is 30.3 Å². The third kappa shape index (κ3) is 5.87. The van der Waals surface area contributed by atoms with Gasteiger partial charge in [0.25, 0.3) is 5.56 Å². The molecule has 2 aromatic heterocycles. The molecule has 5 rings (SSSR count). The largest absolute Gasteiger partial charge is 0.477 e. The average molecular weight is 594 g/mol. The number of H-pyrrole nitrogens is 1. The monoisotopic (exact) mass is 593 g/mol. The number of aromatic nitrogens is 2. The maximum Gasteiger partial charge on any atom is 0.417 e. The lowest BCUT2D eigenvalue weighted by molar-refractivity contribution is -0.137. The molecule has 0 atom stereocenters. The van der Waals surface area contributed by atoms with Gasteiger partial charge in [-0.2, -0.15) is 18.4 Å². The molecule has 2 heterocycles. The molecule has 0 amide bonds. The Morgan fingerprint density at radius 2 is 1.69 bits per heavy atom. The van der Waals surface area contributed by atoms with Crippen molar-refractivity contribution in [3.63, 3.8) is 0 Å². The minimum atomic E-state index is -4.90. The molecule has 0 fully saturated rings. The van der Waals surface area contributed by atoms with E-state index in [4.69, 9.17) is 4.74 Å². The summed E-state index contributed by atoms with van der Waals surface area (Å²) >= 11 is 0. The Balaban J connectivity index is 0.00000405. The highest BCUT2D eigenvalue weighted by atomic mass is 35.5. The predicted molar refractivity (Wildman–Crippen MR) is 153 cm³/mol. The lowest BCUT2D eigenvalue weighted by atomic mass is 10.0. The maximum absolute atomic E-state index is 13.9. The molecular formula is C31H23ClF3N3O4. The van der Waals surface area contributed by atoms with Crippen LogP contribution in [0.2, 0.25) is 0 Å². The Hall–Kier alpha value is -5.01. The Morgan fingerprint density at radius 1 is 1.00 bits per heavy atom. The summed E-state index contributed by atoms with van der Waals surface area (Å²) < 4.78 is 48.7. The lowest BCUT2D eigenvalue weighted by Gasteiger charge is -2.19. The summed E-state index contributed by atoms with van der Waals surface area (Å²) in [5, 5.41) is 19.3. The van der Waals surface area contributed by atoms with E-state index in [2.05, 4.69) is 4.98 Å². The third-order valence-electron chi connectivity index (χ3n) is 6.75. The van der Waals surface area contributed by atoms with Gasteiger partial charge in [0, 0.05) is 10.9 Å². The number of hydrogen-bond acceptors (Lipinski definition) is 4. The predicted octanol–water partition coefficient (Wildman–Crippen LogP) is 7.46. The molecule has 0 saturated heterocycles. The van der Waals surface area contributed by atoms with Gasteiger partial charge in [-0.25, -0.2) is 4.79 Å². The fourth-order valence-corrected chi connectivity index (χ4v) is 4.69. The van der Waals surface area contributed by atoms with Crippen molar-refractivity contribution >= 4 is 29.3 Å². The zero-order valence-electron chi connectivity index (χ0n) is 22.2. The average Bonchev–Trinajstić information content (AvgIpc) is 3.35. The molecule has 0 bridgehead atoms. The molecule has 0 radical (unpaired) electrons. The number of nitriles is 1. The van der Waals surface area contributed by atoms with Crippen molar-refractivity contribution in [2.24, 2.45) is 0 Å². The second kappa shape index (κ2) is 11.5. The highest BCUT2D eigenvalue weighted by molar-refractivity contribution is 5.94. The molecule has 214 valence electrons. The molecule has 0 saturated carbocycles. The number of benzene rings is 3. The quantitative estimate of drug-likeness (QED) is 0.212. The summed E-state index contributed by atoms with van der Waals surface area (Å²) in [6.07, 6.45) is -4.90. The number of hydrogen-bond donors (Lipinski definition) is 2. The van der Waals surface area contributed by atoms with E-state index in [0.29, 0.717) is 28.0 Å². The maximum atomic E-state index is 13.9. The molecule has 0 aliphatic heterocycles. The molecule has 0 aliphatic carbocycles. The van der Waals surface area contributed by atoms with Crippen molar-refractivity contribution in [3.8, 4) is 28.8 Å². The van der Waals surface area contributed by atoms with E-state index in [0.717, 1.165) is 22.8 Å². The van der Waals surface area contributed by atoms with Crippen LogP contribution < -0.4 is 10.3 Å². The first kappa shape index (κ1) is 30.0. The van der Waals surface area contributed by atoms with Gasteiger partial charge >= 0.3 is 12.1 Å². The first-order chi connectivity index (χ1) is 19.4. The van der Waals surface area contributed by atoms with Gasteiger partial charge in [0.05, 0.1) is 17.8 Å². The minimum absolute atomic E-state index is 0. The number of nitrogens with one attached hydrogen (secondary N) is 1. The van der Waals surface area contributed by atoms with Gasteiger partial charge in [-0.15, -0.1) is 12.4 Å². The van der Waals surface area contributed by atoms with Crippen LogP contribution in [-0.2, 0) is 12.7 Å². The summed E-state index contributed by atoms with van der Waals surface area (Å²) in [5.41, 5.74) is 0.283. The SMILES string of the molecule is Cc1ccc(Cn2c(-c3ccc(Oc4ccc5[nH]c(C(=O)O)cc5c4)cc3)cc(C(F)(F)F)c(C#N)c2=O)c(C)c1.Cl. The smallest absolute Gasteiger partial charge is 0.417 e. The Bertz CT molecular complexity index is 1920.